The van der Waals surface area contributed by atoms with Crippen LogP contribution in [0.5, 0.6) is 0 Å². The van der Waals surface area contributed by atoms with Gasteiger partial charge >= 0.3 is 5.97 Å². The zero-order chi connectivity index (χ0) is 30.4. The maximum absolute atomic E-state index is 12.2. The molecule has 1 saturated heterocycles. The molecular weight excluding hydrogens is 542 g/mol. The average Bonchev–Trinajstić information content (AvgIpc) is 3.32. The first-order valence-electron chi connectivity index (χ1n) is 16.3. The van der Waals surface area contributed by atoms with Gasteiger partial charge in [0.1, 0.15) is 31.0 Å². The molecule has 0 aromatic carbocycles. The van der Waals surface area contributed by atoms with E-state index < -0.39 is 43.3 Å². The summed E-state index contributed by atoms with van der Waals surface area (Å²) in [6.07, 6.45) is 4.96. The molecule has 5 aliphatic rings. The number of hydrogen-bond acceptors (Lipinski definition) is 8. The predicted molar refractivity (Wildman–Crippen MR) is 153 cm³/mol. The van der Waals surface area contributed by atoms with Crippen LogP contribution in [-0.2, 0) is 19.1 Å². The maximum Gasteiger partial charge on any atom is 0.322 e. The fraction of sp³-hybridized carbons (Fsp3) is 0.938. The molecule has 6 N–H and O–H groups in total. The summed E-state index contributed by atoms with van der Waals surface area (Å²) < 4.78 is 11.8. The van der Waals surface area contributed by atoms with Crippen molar-refractivity contribution in [1.82, 2.24) is 5.32 Å². The largest absolute Gasteiger partial charge is 0.480 e. The van der Waals surface area contributed by atoms with Crippen LogP contribution in [0.4, 0.5) is 0 Å². The van der Waals surface area contributed by atoms with Gasteiger partial charge in [0.2, 0.25) is 5.91 Å². The molecule has 240 valence electrons. The number of fused-ring (bicyclic) bond motifs is 5. The SMILES string of the molecule is C[C@H](CCC(=O)NCC(=O)O)[C@H]1CC[C@H]2[C@@H]3CC[C@@H]4C[C@H](O[C@@H]5O[C@H](CO)[C@@H](O)[C@H](O)[C@H]5O)CC[C@]4(C)[C@H]3CC[C@]12C. The van der Waals surface area contributed by atoms with Crippen molar-refractivity contribution in [3.63, 3.8) is 0 Å². The standard InChI is InChI=1S/C32H53NO9/c1-17(4-9-25(35)33-15-26(36)37)21-7-8-22-20-6-5-18-14-19(10-12-31(18,2)23(20)11-13-32(21,22)3)41-30-29(40)28(39)27(38)24(16-34)42-30/h17-24,27-30,34,38-40H,4-16H2,1-3H3,(H,33,35)(H,36,37)/t17-,18-,19-,20+,21-,22+,23+,24-,27-,28+,29-,30-,31+,32-/m1/s1. The lowest BCUT2D eigenvalue weighted by molar-refractivity contribution is -0.316. The molecule has 42 heavy (non-hydrogen) atoms. The molecule has 5 fully saturated rings. The Bertz CT molecular complexity index is 978. The van der Waals surface area contributed by atoms with Crippen LogP contribution in [0.3, 0.4) is 0 Å². The monoisotopic (exact) mass is 595 g/mol. The second-order valence-electron chi connectivity index (χ2n) is 14.8. The van der Waals surface area contributed by atoms with Crippen LogP contribution >= 0.6 is 0 Å². The smallest absolute Gasteiger partial charge is 0.322 e. The van der Waals surface area contributed by atoms with Gasteiger partial charge < -0.3 is 40.3 Å². The number of aliphatic carboxylic acids is 1. The number of carbonyl (C=O) groups is 2. The number of carboxylic acids is 1. The number of ether oxygens (including phenoxy) is 2. The maximum atomic E-state index is 12.2. The summed E-state index contributed by atoms with van der Waals surface area (Å²) in [5.41, 5.74) is 0.524. The van der Waals surface area contributed by atoms with E-state index in [9.17, 15) is 30.0 Å². The van der Waals surface area contributed by atoms with Crippen molar-refractivity contribution < 1.29 is 44.6 Å². The molecule has 0 unspecified atom stereocenters. The number of nitrogens with one attached hydrogen (secondary N) is 1. The first kappa shape index (κ1) is 32.1. The van der Waals surface area contributed by atoms with E-state index in [0.717, 1.165) is 32.1 Å². The van der Waals surface area contributed by atoms with E-state index in [1.165, 1.54) is 32.1 Å². The second kappa shape index (κ2) is 12.6. The van der Waals surface area contributed by atoms with Crippen LogP contribution in [0.15, 0.2) is 0 Å². The van der Waals surface area contributed by atoms with E-state index in [4.69, 9.17) is 14.6 Å². The molecule has 10 nitrogen and oxygen atoms in total. The first-order valence-corrected chi connectivity index (χ1v) is 16.3. The average molecular weight is 596 g/mol. The lowest BCUT2D eigenvalue weighted by Gasteiger charge is -2.61. The number of hydrogen-bond donors (Lipinski definition) is 6. The van der Waals surface area contributed by atoms with Crippen LogP contribution in [0.25, 0.3) is 0 Å². The Morgan fingerprint density at radius 2 is 1.67 bits per heavy atom. The van der Waals surface area contributed by atoms with E-state index in [1.54, 1.807) is 0 Å². The van der Waals surface area contributed by atoms with Gasteiger partial charge in [-0.1, -0.05) is 20.8 Å². The number of rotatable bonds is 9. The van der Waals surface area contributed by atoms with Crippen LogP contribution < -0.4 is 5.32 Å². The summed E-state index contributed by atoms with van der Waals surface area (Å²) >= 11 is 0. The van der Waals surface area contributed by atoms with E-state index in [2.05, 4.69) is 26.1 Å². The Morgan fingerprint density at radius 3 is 2.38 bits per heavy atom. The van der Waals surface area contributed by atoms with Gasteiger partial charge in [0.25, 0.3) is 0 Å². The minimum absolute atomic E-state index is 0.0978. The van der Waals surface area contributed by atoms with Gasteiger partial charge in [-0.05, 0) is 111 Å². The Kier molecular flexibility index (Phi) is 9.63. The first-order chi connectivity index (χ1) is 19.9. The predicted octanol–water partition coefficient (Wildman–Crippen LogP) is 2.45. The summed E-state index contributed by atoms with van der Waals surface area (Å²) in [7, 11) is 0. The van der Waals surface area contributed by atoms with Gasteiger partial charge in [-0.25, -0.2) is 0 Å². The molecule has 4 aliphatic carbocycles. The molecule has 0 aromatic rings. The van der Waals surface area contributed by atoms with E-state index in [0.29, 0.717) is 41.9 Å². The zero-order valence-electron chi connectivity index (χ0n) is 25.5. The van der Waals surface area contributed by atoms with Gasteiger partial charge in [0.05, 0.1) is 12.7 Å². The molecule has 0 spiro atoms. The molecular formula is C32H53NO9. The summed E-state index contributed by atoms with van der Waals surface area (Å²) in [6, 6.07) is 0. The third-order valence-electron chi connectivity index (χ3n) is 12.8. The summed E-state index contributed by atoms with van der Waals surface area (Å²) in [4.78, 5) is 22.9. The highest BCUT2D eigenvalue weighted by Crippen LogP contribution is 2.68. The van der Waals surface area contributed by atoms with Crippen molar-refractivity contribution >= 4 is 11.9 Å². The van der Waals surface area contributed by atoms with E-state index in [-0.39, 0.29) is 29.4 Å². The van der Waals surface area contributed by atoms with Crippen LogP contribution in [0.1, 0.15) is 91.4 Å². The highest BCUT2D eigenvalue weighted by Gasteiger charge is 2.61. The Labute approximate surface area is 249 Å². The van der Waals surface area contributed by atoms with Crippen LogP contribution in [0.2, 0.25) is 0 Å². The minimum atomic E-state index is -1.42. The molecule has 1 aliphatic heterocycles. The summed E-state index contributed by atoms with van der Waals surface area (Å²) in [5.74, 6) is 2.43. The van der Waals surface area contributed by atoms with Crippen molar-refractivity contribution in [2.45, 2.75) is 128 Å². The highest BCUT2D eigenvalue weighted by atomic mass is 16.7. The molecule has 0 aromatic heterocycles. The molecule has 5 rings (SSSR count). The quantitative estimate of drug-likeness (QED) is 0.220. The fourth-order valence-corrected chi connectivity index (χ4v) is 10.5. The third kappa shape index (κ3) is 5.88. The van der Waals surface area contributed by atoms with Crippen molar-refractivity contribution in [3.8, 4) is 0 Å². The lowest BCUT2D eigenvalue weighted by atomic mass is 9.44. The summed E-state index contributed by atoms with van der Waals surface area (Å²) in [6.45, 7) is 6.50. The van der Waals surface area contributed by atoms with Crippen LogP contribution in [0, 0.1) is 46.3 Å². The van der Waals surface area contributed by atoms with E-state index >= 15 is 0 Å². The molecule has 4 saturated carbocycles. The van der Waals surface area contributed by atoms with Crippen molar-refractivity contribution in [2.75, 3.05) is 13.2 Å². The molecule has 0 bridgehead atoms. The van der Waals surface area contributed by atoms with Crippen molar-refractivity contribution in [3.05, 3.63) is 0 Å². The molecule has 14 atom stereocenters. The number of amides is 1. The molecule has 10 heteroatoms. The lowest BCUT2D eigenvalue weighted by Crippen LogP contribution is -2.60. The molecule has 0 radical (unpaired) electrons. The van der Waals surface area contributed by atoms with Crippen LogP contribution in [-0.4, -0.2) is 87.4 Å². The normalized spacial score (nSPS) is 47.5. The minimum Gasteiger partial charge on any atom is -0.480 e. The third-order valence-corrected chi connectivity index (χ3v) is 12.8. The molecule has 1 amide bonds. The summed E-state index contributed by atoms with van der Waals surface area (Å²) in [5, 5.41) is 51.6. The fourth-order valence-electron chi connectivity index (χ4n) is 10.5. The number of aliphatic hydroxyl groups excluding tert-OH is 4. The van der Waals surface area contributed by atoms with Crippen molar-refractivity contribution in [1.29, 1.82) is 0 Å². The van der Waals surface area contributed by atoms with Gasteiger partial charge in [-0.15, -0.1) is 0 Å². The number of carboxylic acid groups (broad SMARTS) is 1. The number of aliphatic hydroxyl groups is 4. The Morgan fingerprint density at radius 1 is 0.952 bits per heavy atom. The van der Waals surface area contributed by atoms with Crippen molar-refractivity contribution in [2.24, 2.45) is 46.3 Å². The van der Waals surface area contributed by atoms with Gasteiger partial charge in [0.15, 0.2) is 6.29 Å². The van der Waals surface area contributed by atoms with Gasteiger partial charge in [0, 0.05) is 6.42 Å². The zero-order valence-corrected chi connectivity index (χ0v) is 25.5. The second-order valence-corrected chi connectivity index (χ2v) is 14.8. The Hall–Kier alpha value is -1.30. The highest BCUT2D eigenvalue weighted by molar-refractivity contribution is 5.81. The number of carbonyl (C=O) groups excluding carboxylic acids is 1. The van der Waals surface area contributed by atoms with E-state index in [1.807, 2.05) is 0 Å². The van der Waals surface area contributed by atoms with Gasteiger partial charge in [-0.3, -0.25) is 9.59 Å². The van der Waals surface area contributed by atoms with Gasteiger partial charge in [-0.2, -0.15) is 0 Å². The topological polar surface area (TPSA) is 166 Å². The molecule has 1 heterocycles. The Balaban J connectivity index is 1.18.